The van der Waals surface area contributed by atoms with Crippen molar-refractivity contribution in [3.63, 3.8) is 0 Å². The fourth-order valence-electron chi connectivity index (χ4n) is 2.94. The lowest BCUT2D eigenvalue weighted by atomic mass is 10.2. The maximum absolute atomic E-state index is 12.7. The summed E-state index contributed by atoms with van der Waals surface area (Å²) in [4.78, 5) is 18.9. The second-order valence-electron chi connectivity index (χ2n) is 5.85. The van der Waals surface area contributed by atoms with E-state index in [1.165, 1.54) is 11.3 Å². The number of thiazole rings is 1. The van der Waals surface area contributed by atoms with Gasteiger partial charge in [0.2, 0.25) is 0 Å². The number of fused-ring (bicyclic) bond motifs is 1. The number of halogens is 2. The zero-order valence-corrected chi connectivity index (χ0v) is 16.9. The van der Waals surface area contributed by atoms with Crippen LogP contribution in [0, 0.1) is 0 Å². The van der Waals surface area contributed by atoms with Crippen LogP contribution in [0.15, 0.2) is 35.7 Å². The van der Waals surface area contributed by atoms with Crippen LogP contribution in [0.25, 0.3) is 11.4 Å². The molecule has 4 rings (SSSR count). The third-order valence-corrected chi connectivity index (χ3v) is 5.11. The standard InChI is InChI=1S/C17H18N6OS.2ClH/c18-7-6-15-19-13(11-25-15)17(24)22-8-9-23-14(10-22)20-21-16(23)12-4-2-1-3-5-12;;/h1-5,11H,6-10,18H2;2*1H. The van der Waals surface area contributed by atoms with Crippen molar-refractivity contribution in [2.45, 2.75) is 19.5 Å². The van der Waals surface area contributed by atoms with E-state index in [9.17, 15) is 4.79 Å². The molecule has 1 amide bonds. The lowest BCUT2D eigenvalue weighted by Crippen LogP contribution is -2.38. The molecule has 7 nitrogen and oxygen atoms in total. The normalized spacial score (nSPS) is 12.7. The predicted octanol–water partition coefficient (Wildman–Crippen LogP) is 2.40. The van der Waals surface area contributed by atoms with Gasteiger partial charge < -0.3 is 15.2 Å². The largest absolute Gasteiger partial charge is 0.330 e. The molecule has 2 aromatic heterocycles. The number of carbonyl (C=O) groups is 1. The summed E-state index contributed by atoms with van der Waals surface area (Å²) in [5, 5.41) is 11.3. The molecule has 0 fully saturated rings. The average Bonchev–Trinajstić information content (AvgIpc) is 3.28. The SMILES string of the molecule is Cl.Cl.NCCc1nc(C(=O)N2CCn3c(nnc3-c3ccccc3)C2)cs1. The highest BCUT2D eigenvalue weighted by molar-refractivity contribution is 7.09. The quantitative estimate of drug-likeness (QED) is 0.691. The second kappa shape index (κ2) is 9.27. The van der Waals surface area contributed by atoms with Gasteiger partial charge in [-0.15, -0.1) is 46.3 Å². The number of carbonyl (C=O) groups excluding carboxylic acids is 1. The van der Waals surface area contributed by atoms with Gasteiger partial charge in [-0.25, -0.2) is 4.98 Å². The Labute approximate surface area is 173 Å². The summed E-state index contributed by atoms with van der Waals surface area (Å²) in [6, 6.07) is 9.98. The first-order valence-corrected chi connectivity index (χ1v) is 9.05. The number of hydrogen-bond donors (Lipinski definition) is 1. The molecule has 27 heavy (non-hydrogen) atoms. The maximum Gasteiger partial charge on any atom is 0.273 e. The average molecular weight is 427 g/mol. The molecule has 0 radical (unpaired) electrons. The lowest BCUT2D eigenvalue weighted by Gasteiger charge is -2.27. The third kappa shape index (κ3) is 4.30. The topological polar surface area (TPSA) is 89.9 Å². The highest BCUT2D eigenvalue weighted by Gasteiger charge is 2.26. The minimum absolute atomic E-state index is 0. The summed E-state index contributed by atoms with van der Waals surface area (Å²) in [5.74, 6) is 1.59. The second-order valence-corrected chi connectivity index (χ2v) is 6.79. The molecule has 0 spiro atoms. The van der Waals surface area contributed by atoms with Crippen LogP contribution >= 0.6 is 36.2 Å². The van der Waals surface area contributed by atoms with Crippen molar-refractivity contribution in [2.75, 3.05) is 13.1 Å². The summed E-state index contributed by atoms with van der Waals surface area (Å²) >= 11 is 1.48. The molecular formula is C17H20Cl2N6OS. The Balaban J connectivity index is 0.00000131. The molecule has 1 aliphatic rings. The molecular weight excluding hydrogens is 407 g/mol. The maximum atomic E-state index is 12.7. The Hall–Kier alpha value is -2.00. The number of nitrogens with two attached hydrogens (primary N) is 1. The predicted molar refractivity (Wildman–Crippen MR) is 110 cm³/mol. The van der Waals surface area contributed by atoms with Gasteiger partial charge in [0.05, 0.1) is 11.6 Å². The van der Waals surface area contributed by atoms with Gasteiger partial charge in [0.15, 0.2) is 11.6 Å². The van der Waals surface area contributed by atoms with Crippen molar-refractivity contribution < 1.29 is 4.79 Å². The smallest absolute Gasteiger partial charge is 0.273 e. The van der Waals surface area contributed by atoms with Crippen LogP contribution in [0.3, 0.4) is 0 Å². The van der Waals surface area contributed by atoms with Crippen LogP contribution in [0.1, 0.15) is 21.3 Å². The van der Waals surface area contributed by atoms with E-state index in [1.54, 1.807) is 4.90 Å². The zero-order chi connectivity index (χ0) is 17.2. The zero-order valence-electron chi connectivity index (χ0n) is 14.4. The van der Waals surface area contributed by atoms with E-state index in [4.69, 9.17) is 5.73 Å². The van der Waals surface area contributed by atoms with E-state index in [0.29, 0.717) is 38.3 Å². The molecule has 0 atom stereocenters. The first-order valence-electron chi connectivity index (χ1n) is 8.17. The fraction of sp³-hybridized carbons (Fsp3) is 0.294. The van der Waals surface area contributed by atoms with Crippen molar-refractivity contribution in [3.05, 3.63) is 52.2 Å². The number of nitrogens with zero attached hydrogens (tertiary/aromatic N) is 5. The highest BCUT2D eigenvalue weighted by Crippen LogP contribution is 2.22. The summed E-state index contributed by atoms with van der Waals surface area (Å²) < 4.78 is 2.08. The molecule has 0 aliphatic carbocycles. The minimum atomic E-state index is -0.0602. The Morgan fingerprint density at radius 2 is 1.93 bits per heavy atom. The third-order valence-electron chi connectivity index (χ3n) is 4.20. The first-order chi connectivity index (χ1) is 12.3. The molecule has 1 aliphatic heterocycles. The van der Waals surface area contributed by atoms with Crippen LogP contribution in [0.4, 0.5) is 0 Å². The van der Waals surface area contributed by atoms with Crippen LogP contribution in [-0.4, -0.2) is 43.6 Å². The van der Waals surface area contributed by atoms with Crippen molar-refractivity contribution in [1.29, 1.82) is 0 Å². The molecule has 3 aromatic rings. The van der Waals surface area contributed by atoms with Gasteiger partial charge in [0.1, 0.15) is 5.69 Å². The molecule has 2 N–H and O–H groups in total. The Kier molecular flexibility index (Phi) is 7.32. The molecule has 0 saturated heterocycles. The molecule has 0 saturated carbocycles. The Morgan fingerprint density at radius 1 is 1.15 bits per heavy atom. The van der Waals surface area contributed by atoms with E-state index in [-0.39, 0.29) is 30.7 Å². The Morgan fingerprint density at radius 3 is 2.67 bits per heavy atom. The summed E-state index contributed by atoms with van der Waals surface area (Å²) in [7, 11) is 0. The number of amides is 1. The number of hydrogen-bond acceptors (Lipinski definition) is 6. The van der Waals surface area contributed by atoms with Gasteiger partial charge in [0, 0.05) is 30.5 Å². The molecule has 144 valence electrons. The van der Waals surface area contributed by atoms with E-state index in [2.05, 4.69) is 19.7 Å². The monoisotopic (exact) mass is 426 g/mol. The van der Waals surface area contributed by atoms with Gasteiger partial charge >= 0.3 is 0 Å². The summed E-state index contributed by atoms with van der Waals surface area (Å²) in [5.41, 5.74) is 7.07. The number of benzene rings is 1. The van der Waals surface area contributed by atoms with Crippen LogP contribution in [0.2, 0.25) is 0 Å². The molecule has 0 unspecified atom stereocenters. The van der Waals surface area contributed by atoms with E-state index >= 15 is 0 Å². The van der Waals surface area contributed by atoms with Gasteiger partial charge in [-0.05, 0) is 6.54 Å². The van der Waals surface area contributed by atoms with Crippen molar-refractivity contribution in [3.8, 4) is 11.4 Å². The summed E-state index contributed by atoms with van der Waals surface area (Å²) in [6.45, 7) is 2.28. The van der Waals surface area contributed by atoms with Gasteiger partial charge in [-0.2, -0.15) is 0 Å². The highest BCUT2D eigenvalue weighted by atomic mass is 35.5. The number of aromatic nitrogens is 4. The minimum Gasteiger partial charge on any atom is -0.330 e. The van der Waals surface area contributed by atoms with Gasteiger partial charge in [-0.1, -0.05) is 30.3 Å². The molecule has 10 heteroatoms. The van der Waals surface area contributed by atoms with Crippen molar-refractivity contribution in [1.82, 2.24) is 24.6 Å². The van der Waals surface area contributed by atoms with Crippen molar-refractivity contribution in [2.24, 2.45) is 5.73 Å². The van der Waals surface area contributed by atoms with E-state index in [1.807, 2.05) is 35.7 Å². The van der Waals surface area contributed by atoms with Gasteiger partial charge in [0.25, 0.3) is 5.91 Å². The van der Waals surface area contributed by atoms with Crippen LogP contribution < -0.4 is 5.73 Å². The van der Waals surface area contributed by atoms with E-state index in [0.717, 1.165) is 22.2 Å². The van der Waals surface area contributed by atoms with Crippen LogP contribution in [0.5, 0.6) is 0 Å². The summed E-state index contributed by atoms with van der Waals surface area (Å²) in [6.07, 6.45) is 0.701. The molecule has 1 aromatic carbocycles. The number of rotatable bonds is 4. The van der Waals surface area contributed by atoms with Crippen LogP contribution in [-0.2, 0) is 19.5 Å². The van der Waals surface area contributed by atoms with E-state index < -0.39 is 0 Å². The van der Waals surface area contributed by atoms with Crippen molar-refractivity contribution >= 4 is 42.1 Å². The Bertz CT molecular complexity index is 898. The first kappa shape index (κ1) is 21.3. The van der Waals surface area contributed by atoms with Gasteiger partial charge in [-0.3, -0.25) is 4.79 Å². The molecule has 3 heterocycles. The fourth-order valence-corrected chi connectivity index (χ4v) is 3.73. The molecule has 0 bridgehead atoms. The lowest BCUT2D eigenvalue weighted by molar-refractivity contribution is 0.0702.